The molecule has 0 aromatic heterocycles. The fourth-order valence-corrected chi connectivity index (χ4v) is 2.32. The molecule has 0 saturated heterocycles. The predicted octanol–water partition coefficient (Wildman–Crippen LogP) is 3.32. The minimum absolute atomic E-state index is 1.09. The molecular formula is C9H11BrIN. The molecule has 0 saturated carbocycles. The van der Waals surface area contributed by atoms with Crippen molar-refractivity contribution in [3.63, 3.8) is 0 Å². The summed E-state index contributed by atoms with van der Waals surface area (Å²) in [7, 11) is 2.11. The zero-order chi connectivity index (χ0) is 8.97. The number of benzene rings is 1. The van der Waals surface area contributed by atoms with Gasteiger partial charge in [-0.05, 0) is 28.1 Å². The average Bonchev–Trinajstić information content (AvgIpc) is 2.05. The normalized spacial score (nSPS) is 9.92. The predicted molar refractivity (Wildman–Crippen MR) is 66.3 cm³/mol. The van der Waals surface area contributed by atoms with Crippen molar-refractivity contribution in [3.8, 4) is 0 Å². The van der Waals surface area contributed by atoms with E-state index in [1.54, 1.807) is 0 Å². The van der Waals surface area contributed by atoms with Crippen LogP contribution in [0.15, 0.2) is 28.7 Å². The molecule has 0 bridgehead atoms. The van der Waals surface area contributed by atoms with Gasteiger partial charge in [0.2, 0.25) is 0 Å². The zero-order valence-electron chi connectivity index (χ0n) is 6.93. The molecule has 0 aliphatic rings. The van der Waals surface area contributed by atoms with E-state index in [-0.39, 0.29) is 0 Å². The van der Waals surface area contributed by atoms with E-state index in [4.69, 9.17) is 0 Å². The molecule has 66 valence electrons. The van der Waals surface area contributed by atoms with Crippen molar-refractivity contribution >= 4 is 44.2 Å². The summed E-state index contributed by atoms with van der Waals surface area (Å²) in [5.41, 5.74) is 1.26. The molecule has 0 radical (unpaired) electrons. The Hall–Kier alpha value is 0.230. The first kappa shape index (κ1) is 10.3. The Bertz CT molecular complexity index is 252. The number of para-hydroxylation sites is 1. The van der Waals surface area contributed by atoms with E-state index in [9.17, 15) is 0 Å². The van der Waals surface area contributed by atoms with E-state index >= 15 is 0 Å². The number of hydrogen-bond acceptors (Lipinski definition) is 1. The largest absolute Gasteiger partial charge is 0.373 e. The van der Waals surface area contributed by atoms with Gasteiger partial charge in [0, 0.05) is 22.5 Å². The van der Waals surface area contributed by atoms with Gasteiger partial charge in [-0.2, -0.15) is 0 Å². The van der Waals surface area contributed by atoms with Gasteiger partial charge in [-0.1, -0.05) is 34.7 Å². The molecule has 1 aromatic carbocycles. The van der Waals surface area contributed by atoms with Crippen LogP contribution in [0.25, 0.3) is 0 Å². The van der Waals surface area contributed by atoms with Crippen molar-refractivity contribution in [2.45, 2.75) is 0 Å². The number of anilines is 1. The number of halogens is 2. The first-order chi connectivity index (χ1) is 5.75. The smallest absolute Gasteiger partial charge is 0.0508 e. The van der Waals surface area contributed by atoms with Crippen LogP contribution in [0.3, 0.4) is 0 Å². The average molecular weight is 340 g/mol. The molecule has 0 amide bonds. The Morgan fingerprint density at radius 2 is 2.08 bits per heavy atom. The van der Waals surface area contributed by atoms with Crippen LogP contribution in [0.4, 0.5) is 5.69 Å². The molecule has 0 N–H and O–H groups in total. The van der Waals surface area contributed by atoms with Crippen molar-refractivity contribution in [1.82, 2.24) is 0 Å². The SMILES string of the molecule is CN(CCI)c1ccccc1Br. The van der Waals surface area contributed by atoms with Gasteiger partial charge >= 0.3 is 0 Å². The Morgan fingerprint density at radius 3 is 2.67 bits per heavy atom. The fraction of sp³-hybridized carbons (Fsp3) is 0.333. The maximum absolute atomic E-state index is 3.52. The molecule has 0 aliphatic heterocycles. The van der Waals surface area contributed by atoms with Gasteiger partial charge < -0.3 is 4.90 Å². The summed E-state index contributed by atoms with van der Waals surface area (Å²) < 4.78 is 2.31. The van der Waals surface area contributed by atoms with E-state index in [0.29, 0.717) is 0 Å². The highest BCUT2D eigenvalue weighted by Crippen LogP contribution is 2.24. The third-order valence-corrected chi connectivity index (χ3v) is 2.84. The lowest BCUT2D eigenvalue weighted by molar-refractivity contribution is 0.984. The second-order valence-corrected chi connectivity index (χ2v) is 4.50. The summed E-state index contributed by atoms with van der Waals surface area (Å²) in [5, 5.41) is 0. The van der Waals surface area contributed by atoms with E-state index in [2.05, 4.69) is 68.7 Å². The van der Waals surface area contributed by atoms with Crippen LogP contribution in [-0.4, -0.2) is 18.0 Å². The van der Waals surface area contributed by atoms with Crippen LogP contribution in [0, 0.1) is 0 Å². The second-order valence-electron chi connectivity index (χ2n) is 2.56. The minimum Gasteiger partial charge on any atom is -0.373 e. The van der Waals surface area contributed by atoms with Crippen molar-refractivity contribution < 1.29 is 0 Å². The number of rotatable bonds is 3. The molecule has 0 fully saturated rings. The molecule has 0 spiro atoms. The molecule has 12 heavy (non-hydrogen) atoms. The first-order valence-corrected chi connectivity index (χ1v) is 6.09. The van der Waals surface area contributed by atoms with Crippen LogP contribution in [-0.2, 0) is 0 Å². The number of nitrogens with zero attached hydrogens (tertiary/aromatic N) is 1. The lowest BCUT2D eigenvalue weighted by Gasteiger charge is -2.19. The Balaban J connectivity index is 2.79. The van der Waals surface area contributed by atoms with Crippen LogP contribution in [0.5, 0.6) is 0 Å². The topological polar surface area (TPSA) is 3.24 Å². The van der Waals surface area contributed by atoms with Crippen LogP contribution in [0.1, 0.15) is 0 Å². The van der Waals surface area contributed by atoms with E-state index < -0.39 is 0 Å². The summed E-state index contributed by atoms with van der Waals surface area (Å²) >= 11 is 5.91. The zero-order valence-corrected chi connectivity index (χ0v) is 10.7. The summed E-state index contributed by atoms with van der Waals surface area (Å²) in [6.45, 7) is 1.09. The summed E-state index contributed by atoms with van der Waals surface area (Å²) in [6, 6.07) is 8.28. The molecule has 0 atom stereocenters. The van der Waals surface area contributed by atoms with Crippen molar-refractivity contribution in [3.05, 3.63) is 28.7 Å². The van der Waals surface area contributed by atoms with Crippen molar-refractivity contribution in [2.75, 3.05) is 22.9 Å². The molecule has 0 heterocycles. The maximum Gasteiger partial charge on any atom is 0.0508 e. The molecule has 3 heteroatoms. The van der Waals surface area contributed by atoms with Crippen molar-refractivity contribution in [2.24, 2.45) is 0 Å². The van der Waals surface area contributed by atoms with Gasteiger partial charge in [-0.25, -0.2) is 0 Å². The Morgan fingerprint density at radius 1 is 1.42 bits per heavy atom. The highest BCUT2D eigenvalue weighted by atomic mass is 127. The summed E-state index contributed by atoms with van der Waals surface area (Å²) in [6.07, 6.45) is 0. The Labute approximate surface area is 95.4 Å². The van der Waals surface area contributed by atoms with E-state index in [0.717, 1.165) is 15.4 Å². The molecule has 1 rings (SSSR count). The molecule has 1 nitrogen and oxygen atoms in total. The quantitative estimate of drug-likeness (QED) is 0.603. The van der Waals surface area contributed by atoms with Gasteiger partial charge in [0.05, 0.1) is 5.69 Å². The van der Waals surface area contributed by atoms with Gasteiger partial charge in [-0.3, -0.25) is 0 Å². The van der Waals surface area contributed by atoms with Crippen LogP contribution >= 0.6 is 38.5 Å². The Kier molecular flexibility index (Phi) is 4.35. The fourth-order valence-electron chi connectivity index (χ4n) is 1.01. The summed E-state index contributed by atoms with van der Waals surface area (Å²) in [5.74, 6) is 0. The third-order valence-electron chi connectivity index (χ3n) is 1.68. The second kappa shape index (κ2) is 5.07. The van der Waals surface area contributed by atoms with E-state index in [1.807, 2.05) is 6.07 Å². The lowest BCUT2D eigenvalue weighted by atomic mass is 10.3. The van der Waals surface area contributed by atoms with Crippen molar-refractivity contribution in [1.29, 1.82) is 0 Å². The molecule has 0 aliphatic carbocycles. The highest BCUT2D eigenvalue weighted by Gasteiger charge is 2.02. The van der Waals surface area contributed by atoms with Gasteiger partial charge in [0.25, 0.3) is 0 Å². The minimum atomic E-state index is 1.09. The molecule has 1 aromatic rings. The van der Waals surface area contributed by atoms with E-state index in [1.165, 1.54) is 5.69 Å². The van der Waals surface area contributed by atoms with Gasteiger partial charge in [0.1, 0.15) is 0 Å². The van der Waals surface area contributed by atoms with Crippen LogP contribution < -0.4 is 4.90 Å². The maximum atomic E-state index is 3.52. The third kappa shape index (κ3) is 2.62. The monoisotopic (exact) mass is 339 g/mol. The molecular weight excluding hydrogens is 329 g/mol. The lowest BCUT2D eigenvalue weighted by Crippen LogP contribution is -2.19. The standard InChI is InChI=1S/C9H11BrIN/c1-12(7-6-11)9-5-3-2-4-8(9)10/h2-5H,6-7H2,1H3. The van der Waals surface area contributed by atoms with Crippen LogP contribution in [0.2, 0.25) is 0 Å². The number of hydrogen-bond donors (Lipinski definition) is 0. The first-order valence-electron chi connectivity index (χ1n) is 3.77. The van der Waals surface area contributed by atoms with Gasteiger partial charge in [-0.15, -0.1) is 0 Å². The number of alkyl halides is 1. The summed E-state index contributed by atoms with van der Waals surface area (Å²) in [4.78, 5) is 2.25. The highest BCUT2D eigenvalue weighted by molar-refractivity contribution is 14.1. The molecule has 0 unspecified atom stereocenters. The van der Waals surface area contributed by atoms with Gasteiger partial charge in [0.15, 0.2) is 0 Å².